The number of aryl methyl sites for hydroxylation is 1. The third-order valence-corrected chi connectivity index (χ3v) is 1.73. The Morgan fingerprint density at radius 2 is 2.50 bits per heavy atom. The van der Waals surface area contributed by atoms with Gasteiger partial charge in [0.25, 0.3) is 0 Å². The lowest BCUT2D eigenvalue weighted by molar-refractivity contribution is -0.131. The van der Waals surface area contributed by atoms with Crippen molar-refractivity contribution in [2.24, 2.45) is 0 Å². The average molecular weight is 228 g/mol. The first kappa shape index (κ1) is 12.3. The van der Waals surface area contributed by atoms with Crippen LogP contribution in [-0.4, -0.2) is 39.3 Å². The molecule has 0 saturated carbocycles. The van der Waals surface area contributed by atoms with Gasteiger partial charge < -0.3 is 10.4 Å². The van der Waals surface area contributed by atoms with Crippen LogP contribution >= 0.6 is 0 Å². The minimum atomic E-state index is -0.976. The number of alkyl halides is 1. The maximum Gasteiger partial charge on any atom is 0.328 e. The molecule has 0 radical (unpaired) electrons. The van der Waals surface area contributed by atoms with E-state index in [4.69, 9.17) is 5.11 Å². The Hall–Kier alpha value is -1.76. The van der Waals surface area contributed by atoms with E-state index in [1.165, 1.54) is 10.8 Å². The minimum absolute atomic E-state index is 0.200. The fourth-order valence-corrected chi connectivity index (χ4v) is 1.06. The number of rotatable bonds is 7. The molecule has 1 aromatic heterocycles. The van der Waals surface area contributed by atoms with Gasteiger partial charge in [-0.25, -0.2) is 13.9 Å². The van der Waals surface area contributed by atoms with Gasteiger partial charge in [0.2, 0.25) is 0 Å². The molecule has 1 heterocycles. The van der Waals surface area contributed by atoms with Crippen molar-refractivity contribution in [2.45, 2.75) is 13.1 Å². The van der Waals surface area contributed by atoms with Gasteiger partial charge in [0.1, 0.15) is 6.67 Å². The van der Waals surface area contributed by atoms with Crippen LogP contribution in [0.3, 0.4) is 0 Å². The zero-order valence-corrected chi connectivity index (χ0v) is 8.64. The number of carboxylic acids is 1. The Morgan fingerprint density at radius 3 is 3.19 bits per heavy atom. The molecule has 0 saturated heterocycles. The number of nitrogens with zero attached hydrogens (tertiary/aromatic N) is 3. The molecular formula is C9H13FN4O2. The number of hydrogen-bond donors (Lipinski definition) is 2. The third kappa shape index (κ3) is 4.65. The van der Waals surface area contributed by atoms with Gasteiger partial charge in [0.15, 0.2) is 0 Å². The second-order valence-electron chi connectivity index (χ2n) is 3.03. The van der Waals surface area contributed by atoms with Crippen molar-refractivity contribution >= 4 is 5.97 Å². The average Bonchev–Trinajstić information content (AvgIpc) is 2.65. The summed E-state index contributed by atoms with van der Waals surface area (Å²) in [6.45, 7) is 0.627. The smallest absolute Gasteiger partial charge is 0.328 e. The van der Waals surface area contributed by atoms with Crippen LogP contribution in [0, 0.1) is 0 Å². The van der Waals surface area contributed by atoms with Crippen molar-refractivity contribution in [1.82, 2.24) is 20.3 Å². The zero-order chi connectivity index (χ0) is 11.8. The van der Waals surface area contributed by atoms with E-state index < -0.39 is 12.6 Å². The summed E-state index contributed by atoms with van der Waals surface area (Å²) in [4.78, 5) is 10.1. The van der Waals surface area contributed by atoms with Crippen molar-refractivity contribution in [3.8, 4) is 0 Å². The number of nitrogens with one attached hydrogen (secondary N) is 1. The molecule has 16 heavy (non-hydrogen) atoms. The number of hydrogen-bond acceptors (Lipinski definition) is 4. The first-order valence-electron chi connectivity index (χ1n) is 4.77. The Bertz CT molecular complexity index is 364. The molecular weight excluding hydrogens is 215 g/mol. The Balaban J connectivity index is 2.23. The fraction of sp³-hybridized carbons (Fsp3) is 0.444. The van der Waals surface area contributed by atoms with Gasteiger partial charge >= 0.3 is 5.97 Å². The predicted molar refractivity (Wildman–Crippen MR) is 54.5 cm³/mol. The van der Waals surface area contributed by atoms with Crippen molar-refractivity contribution in [2.75, 3.05) is 13.2 Å². The van der Waals surface area contributed by atoms with E-state index in [1.54, 1.807) is 6.20 Å². The summed E-state index contributed by atoms with van der Waals surface area (Å²) in [5, 5.41) is 18.8. The van der Waals surface area contributed by atoms with Crippen LogP contribution in [-0.2, 0) is 17.9 Å². The van der Waals surface area contributed by atoms with Crippen molar-refractivity contribution in [3.63, 3.8) is 0 Å². The summed E-state index contributed by atoms with van der Waals surface area (Å²) >= 11 is 0. The van der Waals surface area contributed by atoms with Crippen molar-refractivity contribution in [3.05, 3.63) is 24.0 Å². The summed E-state index contributed by atoms with van der Waals surface area (Å²) in [6.07, 6.45) is 4.20. The highest BCUT2D eigenvalue weighted by Crippen LogP contribution is 1.92. The van der Waals surface area contributed by atoms with Gasteiger partial charge in [-0.05, 0) is 0 Å². The second-order valence-corrected chi connectivity index (χ2v) is 3.03. The molecule has 1 rings (SSSR count). The molecule has 1 aromatic rings. The van der Waals surface area contributed by atoms with E-state index in [0.29, 0.717) is 18.8 Å². The number of carboxylic acid groups (broad SMARTS) is 1. The number of halogens is 1. The normalized spacial score (nSPS) is 11.1. The highest BCUT2D eigenvalue weighted by atomic mass is 19.1. The molecule has 0 aliphatic rings. The second kappa shape index (κ2) is 6.67. The summed E-state index contributed by atoms with van der Waals surface area (Å²) in [5.74, 6) is -0.976. The fourth-order valence-electron chi connectivity index (χ4n) is 1.06. The zero-order valence-electron chi connectivity index (χ0n) is 8.64. The van der Waals surface area contributed by atoms with Crippen LogP contribution < -0.4 is 5.32 Å². The SMILES string of the molecule is O=C(O)/C=C/CNCc1cn(CCF)nn1. The maximum atomic E-state index is 11.9. The Morgan fingerprint density at radius 1 is 1.69 bits per heavy atom. The van der Waals surface area contributed by atoms with Gasteiger partial charge in [-0.2, -0.15) is 0 Å². The van der Waals surface area contributed by atoms with Crippen molar-refractivity contribution < 1.29 is 14.3 Å². The molecule has 0 aliphatic heterocycles. The third-order valence-electron chi connectivity index (χ3n) is 1.73. The molecule has 7 heteroatoms. The van der Waals surface area contributed by atoms with E-state index in [1.807, 2.05) is 0 Å². The maximum absolute atomic E-state index is 11.9. The first-order chi connectivity index (χ1) is 7.72. The highest BCUT2D eigenvalue weighted by Gasteiger charge is 1.98. The largest absolute Gasteiger partial charge is 0.478 e. The molecule has 0 spiro atoms. The van der Waals surface area contributed by atoms with E-state index in [0.717, 1.165) is 6.08 Å². The van der Waals surface area contributed by atoms with Crippen LogP contribution in [0.5, 0.6) is 0 Å². The van der Waals surface area contributed by atoms with Gasteiger partial charge in [0.05, 0.1) is 12.2 Å². The molecule has 88 valence electrons. The lowest BCUT2D eigenvalue weighted by Crippen LogP contribution is -2.13. The lowest BCUT2D eigenvalue weighted by atomic mass is 10.4. The monoisotopic (exact) mass is 228 g/mol. The quantitative estimate of drug-likeness (QED) is 0.506. The van der Waals surface area contributed by atoms with E-state index >= 15 is 0 Å². The van der Waals surface area contributed by atoms with E-state index in [2.05, 4.69) is 15.6 Å². The molecule has 0 amide bonds. The Kier molecular flexibility index (Phi) is 5.13. The molecule has 0 fully saturated rings. The molecule has 0 atom stereocenters. The van der Waals surface area contributed by atoms with Crippen LogP contribution in [0.4, 0.5) is 4.39 Å². The summed E-state index contributed by atoms with van der Waals surface area (Å²) in [6, 6.07) is 0. The van der Waals surface area contributed by atoms with Crippen LogP contribution in [0.15, 0.2) is 18.3 Å². The molecule has 6 nitrogen and oxygen atoms in total. The number of aromatic nitrogens is 3. The highest BCUT2D eigenvalue weighted by molar-refractivity contribution is 5.79. The van der Waals surface area contributed by atoms with Gasteiger partial charge in [-0.3, -0.25) is 0 Å². The minimum Gasteiger partial charge on any atom is -0.478 e. The van der Waals surface area contributed by atoms with Crippen LogP contribution in [0.2, 0.25) is 0 Å². The molecule has 0 unspecified atom stereocenters. The number of aliphatic carboxylic acids is 1. The molecule has 0 bridgehead atoms. The Labute approximate surface area is 91.8 Å². The lowest BCUT2D eigenvalue weighted by Gasteiger charge is -1.95. The molecule has 2 N–H and O–H groups in total. The number of carbonyl (C=O) groups is 1. The van der Waals surface area contributed by atoms with E-state index in [9.17, 15) is 9.18 Å². The first-order valence-corrected chi connectivity index (χ1v) is 4.77. The van der Waals surface area contributed by atoms with Gasteiger partial charge in [-0.15, -0.1) is 5.10 Å². The summed E-state index contributed by atoms with van der Waals surface area (Å²) in [5.41, 5.74) is 0.692. The predicted octanol–water partition coefficient (Wildman–Crippen LogP) is -0.0220. The van der Waals surface area contributed by atoms with Crippen LogP contribution in [0.1, 0.15) is 5.69 Å². The van der Waals surface area contributed by atoms with Crippen LogP contribution in [0.25, 0.3) is 0 Å². The summed E-state index contributed by atoms with van der Waals surface area (Å²) < 4.78 is 13.4. The van der Waals surface area contributed by atoms with E-state index in [-0.39, 0.29) is 6.54 Å². The molecule has 0 aliphatic carbocycles. The van der Waals surface area contributed by atoms with Gasteiger partial charge in [0, 0.05) is 25.4 Å². The summed E-state index contributed by atoms with van der Waals surface area (Å²) in [7, 11) is 0. The topological polar surface area (TPSA) is 80.0 Å². The molecule has 0 aromatic carbocycles. The standard InChI is InChI=1S/C9H13FN4O2/c10-3-5-14-7-8(12-13-14)6-11-4-1-2-9(15)16/h1-2,7,11H,3-6H2,(H,15,16)/b2-1+. The van der Waals surface area contributed by atoms with Crippen molar-refractivity contribution in [1.29, 1.82) is 0 Å². The van der Waals surface area contributed by atoms with Gasteiger partial charge in [-0.1, -0.05) is 11.3 Å².